The molecule has 3 aromatic rings. The van der Waals surface area contributed by atoms with Crippen LogP contribution in [0.3, 0.4) is 0 Å². The number of aryl methyl sites for hydroxylation is 1. The van der Waals surface area contributed by atoms with Gasteiger partial charge in [-0.05, 0) is 79.6 Å². The Morgan fingerprint density at radius 2 is 1.36 bits per heavy atom. The van der Waals surface area contributed by atoms with E-state index in [1.54, 1.807) is 12.1 Å². The Hall–Kier alpha value is -2.79. The number of rotatable bonds is 4. The molecule has 0 amide bonds. The first kappa shape index (κ1) is 17.0. The first-order chi connectivity index (χ1) is 11.9. The van der Waals surface area contributed by atoms with Crippen molar-refractivity contribution in [3.8, 4) is 17.2 Å². The summed E-state index contributed by atoms with van der Waals surface area (Å²) in [5.41, 5.74) is 2.17. The minimum absolute atomic E-state index is 0.0243. The molecule has 0 heterocycles. The molecule has 0 atom stereocenters. The molecule has 0 saturated heterocycles. The van der Waals surface area contributed by atoms with Gasteiger partial charge >= 0.3 is 0 Å². The summed E-state index contributed by atoms with van der Waals surface area (Å²) in [6, 6.07) is 17.6. The van der Waals surface area contributed by atoms with Gasteiger partial charge in [0.05, 0.1) is 9.79 Å². The van der Waals surface area contributed by atoms with Crippen molar-refractivity contribution in [1.82, 2.24) is 0 Å². The highest BCUT2D eigenvalue weighted by atomic mass is 32.2. The molecule has 0 aliphatic carbocycles. The van der Waals surface area contributed by atoms with E-state index < -0.39 is 9.84 Å². The van der Waals surface area contributed by atoms with E-state index in [0.29, 0.717) is 5.75 Å². The van der Waals surface area contributed by atoms with Crippen molar-refractivity contribution in [2.24, 2.45) is 0 Å². The number of hydrogen-bond acceptors (Lipinski definition) is 4. The number of sulfone groups is 1. The molecular weight excluding hydrogens is 336 g/mol. The van der Waals surface area contributed by atoms with Crippen LogP contribution in [-0.4, -0.2) is 13.5 Å². The van der Waals surface area contributed by atoms with Gasteiger partial charge in [-0.1, -0.05) is 12.1 Å². The van der Waals surface area contributed by atoms with E-state index in [1.807, 2.05) is 32.0 Å². The summed E-state index contributed by atoms with van der Waals surface area (Å²) < 4.78 is 31.0. The first-order valence-electron chi connectivity index (χ1n) is 7.76. The van der Waals surface area contributed by atoms with Crippen LogP contribution in [-0.2, 0) is 9.84 Å². The van der Waals surface area contributed by atoms with Gasteiger partial charge in [0.1, 0.15) is 17.2 Å². The highest BCUT2D eigenvalue weighted by Gasteiger charge is 2.17. The molecule has 0 aromatic heterocycles. The van der Waals surface area contributed by atoms with Gasteiger partial charge in [-0.2, -0.15) is 0 Å². The second-order valence-corrected chi connectivity index (χ2v) is 7.72. The smallest absolute Gasteiger partial charge is 0.206 e. The maximum atomic E-state index is 12.6. The lowest BCUT2D eigenvalue weighted by Crippen LogP contribution is -2.01. The number of hydrogen-bond donors (Lipinski definition) is 1. The molecule has 0 bridgehead atoms. The minimum atomic E-state index is -3.63. The number of ether oxygens (including phenoxy) is 1. The molecule has 0 spiro atoms. The van der Waals surface area contributed by atoms with Crippen molar-refractivity contribution in [2.45, 2.75) is 23.6 Å². The summed E-state index contributed by atoms with van der Waals surface area (Å²) in [4.78, 5) is 0.306. The molecule has 3 aromatic carbocycles. The van der Waals surface area contributed by atoms with E-state index in [1.165, 1.54) is 36.4 Å². The number of aromatic hydroxyl groups is 1. The van der Waals surface area contributed by atoms with Crippen LogP contribution < -0.4 is 4.74 Å². The first-order valence-corrected chi connectivity index (χ1v) is 9.24. The van der Waals surface area contributed by atoms with Gasteiger partial charge in [-0.3, -0.25) is 0 Å². The third-order valence-electron chi connectivity index (χ3n) is 4.06. The topological polar surface area (TPSA) is 63.6 Å². The molecule has 25 heavy (non-hydrogen) atoms. The molecule has 128 valence electrons. The summed E-state index contributed by atoms with van der Waals surface area (Å²) >= 11 is 0. The van der Waals surface area contributed by atoms with E-state index in [0.717, 1.165) is 16.9 Å². The molecule has 0 aliphatic heterocycles. The lowest BCUT2D eigenvalue weighted by molar-refractivity contribution is 0.475. The molecule has 4 nitrogen and oxygen atoms in total. The average molecular weight is 354 g/mol. The number of benzene rings is 3. The van der Waals surface area contributed by atoms with Crippen molar-refractivity contribution in [3.63, 3.8) is 0 Å². The molecule has 3 rings (SSSR count). The van der Waals surface area contributed by atoms with Gasteiger partial charge < -0.3 is 9.84 Å². The van der Waals surface area contributed by atoms with E-state index in [-0.39, 0.29) is 15.5 Å². The second-order valence-electron chi connectivity index (χ2n) is 5.77. The maximum Gasteiger partial charge on any atom is 0.206 e. The minimum Gasteiger partial charge on any atom is -0.508 e. The predicted molar refractivity (Wildman–Crippen MR) is 96.0 cm³/mol. The Morgan fingerprint density at radius 1 is 0.800 bits per heavy atom. The highest BCUT2D eigenvalue weighted by molar-refractivity contribution is 7.91. The third-order valence-corrected chi connectivity index (χ3v) is 5.85. The fourth-order valence-electron chi connectivity index (χ4n) is 2.41. The Balaban J connectivity index is 1.87. The molecule has 0 fully saturated rings. The van der Waals surface area contributed by atoms with Crippen LogP contribution in [0.15, 0.2) is 76.5 Å². The van der Waals surface area contributed by atoms with Crippen LogP contribution in [0.5, 0.6) is 17.2 Å². The summed E-state index contributed by atoms with van der Waals surface area (Å²) in [6.45, 7) is 3.99. The van der Waals surface area contributed by atoms with E-state index in [4.69, 9.17) is 4.74 Å². The number of phenols is 1. The summed E-state index contributed by atoms with van der Waals surface area (Å²) in [7, 11) is -3.63. The Labute approximate surface area is 147 Å². The lowest BCUT2D eigenvalue weighted by atomic mass is 10.1. The van der Waals surface area contributed by atoms with Crippen molar-refractivity contribution in [2.75, 3.05) is 0 Å². The van der Waals surface area contributed by atoms with Crippen LogP contribution in [0.25, 0.3) is 0 Å². The lowest BCUT2D eigenvalue weighted by Gasteiger charge is -2.11. The fraction of sp³-hybridized carbons (Fsp3) is 0.100. The average Bonchev–Trinajstić information content (AvgIpc) is 2.60. The number of phenolic OH excluding ortho intramolecular Hbond substituents is 1. The SMILES string of the molecule is Cc1cccc(Oc2ccc(S(=O)(=O)c3ccc(O)cc3)cc2)c1C. The van der Waals surface area contributed by atoms with E-state index in [9.17, 15) is 13.5 Å². The second kappa shape index (κ2) is 6.61. The normalized spacial score (nSPS) is 11.3. The van der Waals surface area contributed by atoms with Crippen LogP contribution in [0.1, 0.15) is 11.1 Å². The van der Waals surface area contributed by atoms with Crippen molar-refractivity contribution < 1.29 is 18.3 Å². The quantitative estimate of drug-likeness (QED) is 0.742. The molecule has 0 unspecified atom stereocenters. The van der Waals surface area contributed by atoms with Crippen molar-refractivity contribution in [3.05, 3.63) is 77.9 Å². The maximum absolute atomic E-state index is 12.6. The van der Waals surface area contributed by atoms with Crippen LogP contribution in [0, 0.1) is 13.8 Å². The zero-order chi connectivity index (χ0) is 18.0. The standard InChI is InChI=1S/C20H18O4S/c1-14-4-3-5-20(15(14)2)24-17-8-12-19(13-9-17)25(22,23)18-10-6-16(21)7-11-18/h3-13,21H,1-2H3. The molecule has 5 heteroatoms. The summed E-state index contributed by atoms with van der Waals surface area (Å²) in [6.07, 6.45) is 0. The molecule has 0 saturated carbocycles. The van der Waals surface area contributed by atoms with Gasteiger partial charge in [0.2, 0.25) is 9.84 Å². The Bertz CT molecular complexity index is 989. The van der Waals surface area contributed by atoms with Crippen molar-refractivity contribution >= 4 is 9.84 Å². The monoisotopic (exact) mass is 354 g/mol. The summed E-state index contributed by atoms with van der Waals surface area (Å²) in [5.74, 6) is 1.34. The van der Waals surface area contributed by atoms with E-state index in [2.05, 4.69) is 0 Å². The molecule has 0 radical (unpaired) electrons. The van der Waals surface area contributed by atoms with Crippen LogP contribution in [0.4, 0.5) is 0 Å². The zero-order valence-corrected chi connectivity index (χ0v) is 14.7. The van der Waals surface area contributed by atoms with E-state index >= 15 is 0 Å². The van der Waals surface area contributed by atoms with Gasteiger partial charge in [0, 0.05) is 0 Å². The van der Waals surface area contributed by atoms with Gasteiger partial charge in [-0.15, -0.1) is 0 Å². The van der Waals surface area contributed by atoms with Gasteiger partial charge in [0.25, 0.3) is 0 Å². The summed E-state index contributed by atoms with van der Waals surface area (Å²) in [5, 5.41) is 9.30. The van der Waals surface area contributed by atoms with Crippen LogP contribution >= 0.6 is 0 Å². The highest BCUT2D eigenvalue weighted by Crippen LogP contribution is 2.29. The molecule has 1 N–H and O–H groups in total. The Morgan fingerprint density at radius 3 is 1.96 bits per heavy atom. The zero-order valence-electron chi connectivity index (χ0n) is 13.9. The fourth-order valence-corrected chi connectivity index (χ4v) is 3.67. The van der Waals surface area contributed by atoms with Crippen molar-refractivity contribution in [1.29, 1.82) is 0 Å². The largest absolute Gasteiger partial charge is 0.508 e. The molecular formula is C20H18O4S. The third kappa shape index (κ3) is 3.51. The Kier molecular flexibility index (Phi) is 4.51. The van der Waals surface area contributed by atoms with Gasteiger partial charge in [0.15, 0.2) is 0 Å². The van der Waals surface area contributed by atoms with Gasteiger partial charge in [-0.25, -0.2) is 8.42 Å². The predicted octanol–water partition coefficient (Wildman–Crippen LogP) is 4.63. The molecule has 0 aliphatic rings. The van der Waals surface area contributed by atoms with Crippen LogP contribution in [0.2, 0.25) is 0 Å².